The van der Waals surface area contributed by atoms with Gasteiger partial charge in [0.1, 0.15) is 30.0 Å². The Hall–Kier alpha value is -1.55. The molecule has 47 heavy (non-hydrogen) atoms. The van der Waals surface area contributed by atoms with Crippen molar-refractivity contribution in [3.63, 3.8) is 0 Å². The van der Waals surface area contributed by atoms with Gasteiger partial charge in [0.15, 0.2) is 12.6 Å². The van der Waals surface area contributed by atoms with Crippen molar-refractivity contribution < 1.29 is 34.3 Å². The second kappa shape index (κ2) is 19.0. The van der Waals surface area contributed by atoms with Gasteiger partial charge in [-0.3, -0.25) is 4.99 Å². The molecular formula is C35H63N5O7. The number of rotatable bonds is 15. The molecule has 0 aromatic rings. The van der Waals surface area contributed by atoms with E-state index in [1.807, 2.05) is 6.21 Å². The highest BCUT2D eigenvalue weighted by molar-refractivity contribution is 5.72. The highest BCUT2D eigenvalue weighted by atomic mass is 16.7. The fourth-order valence-corrected chi connectivity index (χ4v) is 6.57. The Kier molecular flexibility index (Phi) is 16.1. The molecule has 0 radical (unpaired) electrons. The second-order valence-corrected chi connectivity index (χ2v) is 14.1. The largest absolute Gasteiger partial charge is 0.388 e. The Morgan fingerprint density at radius 1 is 0.915 bits per heavy atom. The first kappa shape index (κ1) is 39.9. The molecule has 0 aromatic carbocycles. The number of nitrogens with zero attached hydrogens (tertiary/aromatic N) is 1. The molecule has 2 heterocycles. The van der Waals surface area contributed by atoms with Gasteiger partial charge >= 0.3 is 0 Å². The van der Waals surface area contributed by atoms with Crippen molar-refractivity contribution in [3.8, 4) is 0 Å². The number of hydrogen-bond donors (Lipinski definition) is 7. The van der Waals surface area contributed by atoms with Gasteiger partial charge in [-0.15, -0.1) is 0 Å². The summed E-state index contributed by atoms with van der Waals surface area (Å²) in [6.07, 6.45) is 8.55. The maximum atomic E-state index is 11.5. The first-order chi connectivity index (χ1) is 22.3. The minimum absolute atomic E-state index is 0.0507. The van der Waals surface area contributed by atoms with Crippen LogP contribution in [0.25, 0.3) is 0 Å². The van der Waals surface area contributed by atoms with Crippen LogP contribution in [0.4, 0.5) is 0 Å². The van der Waals surface area contributed by atoms with E-state index in [1.165, 1.54) is 16.7 Å². The van der Waals surface area contributed by atoms with Gasteiger partial charge in [0, 0.05) is 18.3 Å². The van der Waals surface area contributed by atoms with Gasteiger partial charge in [-0.1, -0.05) is 28.9 Å². The molecule has 3 rings (SSSR count). The molecule has 0 bridgehead atoms. The molecule has 12 nitrogen and oxygen atoms in total. The molecule has 12 unspecified atom stereocenters. The molecule has 1 aliphatic carbocycles. The molecule has 12 heteroatoms. The number of aliphatic imine (C=N–C) groups is 1. The molecule has 0 aromatic heterocycles. The number of likely N-dealkylation sites (N-methyl/N-ethyl adjacent to an activating group) is 2. The Labute approximate surface area is 282 Å². The summed E-state index contributed by atoms with van der Waals surface area (Å²) in [5, 5.41) is 39.1. The summed E-state index contributed by atoms with van der Waals surface area (Å²) < 4.78 is 24.4. The van der Waals surface area contributed by atoms with Crippen molar-refractivity contribution in [1.29, 1.82) is 0 Å². The predicted molar refractivity (Wildman–Crippen MR) is 185 cm³/mol. The van der Waals surface area contributed by atoms with Crippen LogP contribution in [0.5, 0.6) is 0 Å². The van der Waals surface area contributed by atoms with E-state index >= 15 is 0 Å². The van der Waals surface area contributed by atoms with Crippen LogP contribution >= 0.6 is 0 Å². The molecule has 0 amide bonds. The van der Waals surface area contributed by atoms with Crippen LogP contribution in [0, 0.1) is 0 Å². The molecule has 270 valence electrons. The first-order valence-corrected chi connectivity index (χ1v) is 17.2. The lowest BCUT2D eigenvalue weighted by Crippen LogP contribution is -2.69. The quantitative estimate of drug-likeness (QED) is 0.1000. The minimum atomic E-state index is -1.29. The van der Waals surface area contributed by atoms with Crippen LogP contribution in [0.15, 0.2) is 39.9 Å². The number of ether oxygens (including phenoxy) is 4. The molecule has 2 aliphatic heterocycles. The topological polar surface area (TPSA) is 186 Å². The zero-order valence-corrected chi connectivity index (χ0v) is 29.6. The summed E-state index contributed by atoms with van der Waals surface area (Å²) in [4.78, 5) is 4.59. The van der Waals surface area contributed by atoms with Crippen LogP contribution in [0.2, 0.25) is 0 Å². The van der Waals surface area contributed by atoms with Crippen molar-refractivity contribution in [2.45, 2.75) is 152 Å². The number of allylic oxidation sites excluding steroid dienone is 6. The van der Waals surface area contributed by atoms with Gasteiger partial charge in [-0.2, -0.15) is 0 Å². The van der Waals surface area contributed by atoms with Crippen LogP contribution in [-0.2, 0) is 18.9 Å². The maximum Gasteiger partial charge on any atom is 0.185 e. The Morgan fingerprint density at radius 2 is 1.60 bits per heavy atom. The number of hydrogen-bond acceptors (Lipinski definition) is 12. The highest BCUT2D eigenvalue weighted by Gasteiger charge is 2.51. The maximum absolute atomic E-state index is 11.5. The van der Waals surface area contributed by atoms with Crippen molar-refractivity contribution >= 4 is 6.21 Å². The summed E-state index contributed by atoms with van der Waals surface area (Å²) in [5.74, 6) is 0. The number of aliphatic hydroxyl groups excluding tert-OH is 2. The molecule has 0 spiro atoms. The van der Waals surface area contributed by atoms with E-state index in [0.717, 1.165) is 32.1 Å². The summed E-state index contributed by atoms with van der Waals surface area (Å²) in [5.41, 5.74) is 15.7. The van der Waals surface area contributed by atoms with E-state index in [2.05, 4.69) is 61.5 Å². The zero-order chi connectivity index (χ0) is 34.7. The van der Waals surface area contributed by atoms with Crippen molar-refractivity contribution in [3.05, 3.63) is 34.9 Å². The molecule has 1 saturated carbocycles. The van der Waals surface area contributed by atoms with Crippen LogP contribution < -0.4 is 22.1 Å². The second-order valence-electron chi connectivity index (χ2n) is 14.1. The minimum Gasteiger partial charge on any atom is -0.388 e. The van der Waals surface area contributed by atoms with E-state index in [0.29, 0.717) is 19.4 Å². The van der Waals surface area contributed by atoms with E-state index in [4.69, 9.17) is 30.4 Å². The van der Waals surface area contributed by atoms with Gasteiger partial charge < -0.3 is 56.4 Å². The van der Waals surface area contributed by atoms with Crippen LogP contribution in [0.1, 0.15) is 79.6 Å². The highest BCUT2D eigenvalue weighted by Crippen LogP contribution is 2.32. The molecule has 12 atom stereocenters. The number of nitrogens with two attached hydrogens (primary N) is 2. The fraction of sp³-hybridized carbons (Fsp3) is 0.800. The van der Waals surface area contributed by atoms with Crippen LogP contribution in [0.3, 0.4) is 0 Å². The van der Waals surface area contributed by atoms with Gasteiger partial charge in [-0.05, 0) is 99.7 Å². The average Bonchev–Trinajstić information content (AvgIpc) is 3.01. The van der Waals surface area contributed by atoms with Crippen molar-refractivity contribution in [1.82, 2.24) is 10.6 Å². The first-order valence-electron chi connectivity index (χ1n) is 17.2. The van der Waals surface area contributed by atoms with Crippen molar-refractivity contribution in [2.24, 2.45) is 16.5 Å². The normalized spacial score (nSPS) is 38.9. The third-order valence-corrected chi connectivity index (χ3v) is 9.51. The Morgan fingerprint density at radius 3 is 2.28 bits per heavy atom. The zero-order valence-electron chi connectivity index (χ0n) is 29.6. The van der Waals surface area contributed by atoms with E-state index in [-0.39, 0.29) is 24.8 Å². The molecule has 3 aliphatic rings. The number of aliphatic hydroxyl groups is 3. The molecule has 3 fully saturated rings. The van der Waals surface area contributed by atoms with Gasteiger partial charge in [0.25, 0.3) is 0 Å². The summed E-state index contributed by atoms with van der Waals surface area (Å²) in [7, 11) is 3.41. The predicted octanol–water partition coefficient (Wildman–Crippen LogP) is 1.82. The molecular weight excluding hydrogens is 602 g/mol. The monoisotopic (exact) mass is 665 g/mol. The number of nitrogens with one attached hydrogen (secondary N) is 2. The van der Waals surface area contributed by atoms with Crippen molar-refractivity contribution in [2.75, 3.05) is 27.2 Å². The van der Waals surface area contributed by atoms with E-state index in [1.54, 1.807) is 21.0 Å². The standard InChI is InChI=1S/C35H63N5O7/c1-21(2)10-8-11-22(3)12-9-13-23(4)16-17-40-19-24-14-15-25(36)33(45-24)46-30-26(37)18-27(38-6)31(28(30)41)47-34-29(42)32(39-7)35(5,43)20-44-34/h10,12,16-17,24-34,38-39,41-43H,8-9,11,13-15,18-20,36-37H2,1-7H3/b22-12+,23-16+,40-17+. The summed E-state index contributed by atoms with van der Waals surface area (Å²) in [6.45, 7) is 10.6. The van der Waals surface area contributed by atoms with Gasteiger partial charge in [0.2, 0.25) is 0 Å². The van der Waals surface area contributed by atoms with Crippen LogP contribution in [-0.4, -0.2) is 122 Å². The lowest BCUT2D eigenvalue weighted by molar-refractivity contribution is -0.307. The third kappa shape index (κ3) is 11.8. The smallest absolute Gasteiger partial charge is 0.185 e. The summed E-state index contributed by atoms with van der Waals surface area (Å²) in [6, 6.07) is -1.94. The Balaban J connectivity index is 1.54. The molecule has 2 saturated heterocycles. The lowest BCUT2D eigenvalue weighted by Gasteiger charge is -2.49. The van der Waals surface area contributed by atoms with Gasteiger partial charge in [-0.25, -0.2) is 0 Å². The van der Waals surface area contributed by atoms with Gasteiger partial charge in [0.05, 0.1) is 31.3 Å². The SMILES string of the molecule is CNC1CC(N)C(OC2OC(C/N=C/C=C(\C)CC/C=C(\C)CCC=C(C)C)CCC2N)C(O)C1OC1OCC(C)(O)C(NC)C1O. The fourth-order valence-electron chi connectivity index (χ4n) is 6.57. The Bertz CT molecular complexity index is 1080. The van der Waals surface area contributed by atoms with E-state index < -0.39 is 54.7 Å². The third-order valence-electron chi connectivity index (χ3n) is 9.51. The lowest BCUT2D eigenvalue weighted by atomic mass is 9.83. The van der Waals surface area contributed by atoms with E-state index in [9.17, 15) is 15.3 Å². The molecule has 9 N–H and O–H groups in total. The average molecular weight is 666 g/mol. The summed E-state index contributed by atoms with van der Waals surface area (Å²) >= 11 is 0.